The van der Waals surface area contributed by atoms with Gasteiger partial charge in [0.1, 0.15) is 0 Å². The van der Waals surface area contributed by atoms with Crippen molar-refractivity contribution in [1.29, 1.82) is 0 Å². The molecule has 0 saturated carbocycles. The number of nitrogens with one attached hydrogen (secondary N) is 1. The van der Waals surface area contributed by atoms with E-state index in [2.05, 4.69) is 51.8 Å². The maximum Gasteiger partial charge on any atom is 0.0589 e. The predicted octanol–water partition coefficient (Wildman–Crippen LogP) is 2.88. The summed E-state index contributed by atoms with van der Waals surface area (Å²) in [4.78, 5) is 2.52. The summed E-state index contributed by atoms with van der Waals surface area (Å²) in [6.45, 7) is 17.2. The van der Waals surface area contributed by atoms with Crippen molar-refractivity contribution < 1.29 is 5.11 Å². The molecule has 0 spiro atoms. The normalized spacial score (nSPS) is 27.8. The number of likely N-dealkylation sites (tertiary alicyclic amines) is 1. The molecule has 0 radical (unpaired) electrons. The van der Waals surface area contributed by atoms with Crippen LogP contribution in [0.15, 0.2) is 0 Å². The molecule has 1 fully saturated rings. The van der Waals surface area contributed by atoms with Crippen molar-refractivity contribution >= 4 is 0 Å². The van der Waals surface area contributed by atoms with Crippen molar-refractivity contribution in [3.63, 3.8) is 0 Å². The minimum absolute atomic E-state index is 0.170. The zero-order chi connectivity index (χ0) is 15.4. The summed E-state index contributed by atoms with van der Waals surface area (Å²) in [5, 5.41) is 13.3. The molecule has 0 aromatic heterocycles. The molecule has 3 atom stereocenters. The van der Waals surface area contributed by atoms with Crippen LogP contribution in [0.4, 0.5) is 0 Å². The van der Waals surface area contributed by atoms with Gasteiger partial charge in [-0.05, 0) is 51.5 Å². The number of nitrogens with zero attached hydrogens (tertiary/aromatic N) is 1. The molecule has 0 aromatic carbocycles. The van der Waals surface area contributed by atoms with Crippen molar-refractivity contribution in [1.82, 2.24) is 10.2 Å². The Bertz CT molecular complexity index is 287. The minimum atomic E-state index is 0.170. The molecule has 1 aliphatic rings. The van der Waals surface area contributed by atoms with E-state index in [-0.39, 0.29) is 5.54 Å². The third-order valence-electron chi connectivity index (χ3n) is 4.67. The van der Waals surface area contributed by atoms with Gasteiger partial charge in [-0.25, -0.2) is 0 Å². The van der Waals surface area contributed by atoms with Crippen LogP contribution >= 0.6 is 0 Å². The molecule has 0 aliphatic carbocycles. The summed E-state index contributed by atoms with van der Waals surface area (Å²) in [5.74, 6) is 0.626. The zero-order valence-electron chi connectivity index (χ0n) is 14.5. The lowest BCUT2D eigenvalue weighted by atomic mass is 9.83. The zero-order valence-corrected chi connectivity index (χ0v) is 14.5. The van der Waals surface area contributed by atoms with Gasteiger partial charge in [-0.1, -0.05) is 27.2 Å². The molecule has 1 heterocycles. The minimum Gasteiger partial charge on any atom is -0.395 e. The van der Waals surface area contributed by atoms with Gasteiger partial charge in [-0.3, -0.25) is 4.90 Å². The Labute approximate surface area is 126 Å². The number of aliphatic hydroxyl groups is 1. The van der Waals surface area contributed by atoms with Gasteiger partial charge in [0.15, 0.2) is 0 Å². The lowest BCUT2D eigenvalue weighted by Crippen LogP contribution is -2.49. The van der Waals surface area contributed by atoms with Crippen LogP contribution in [-0.4, -0.2) is 47.8 Å². The molecule has 3 nitrogen and oxygen atoms in total. The second kappa shape index (κ2) is 7.24. The number of rotatable bonds is 7. The van der Waals surface area contributed by atoms with Gasteiger partial charge in [0.05, 0.1) is 6.61 Å². The average Bonchev–Trinajstić information content (AvgIpc) is 2.67. The van der Waals surface area contributed by atoms with E-state index < -0.39 is 0 Å². The van der Waals surface area contributed by atoms with Crippen LogP contribution in [0.3, 0.4) is 0 Å². The summed E-state index contributed by atoms with van der Waals surface area (Å²) >= 11 is 0. The molecule has 1 saturated heterocycles. The summed E-state index contributed by atoms with van der Waals surface area (Å²) in [6, 6.07) is 0.362. The Morgan fingerprint density at radius 3 is 2.40 bits per heavy atom. The van der Waals surface area contributed by atoms with Gasteiger partial charge < -0.3 is 10.4 Å². The number of hydrogen-bond donors (Lipinski definition) is 2. The van der Waals surface area contributed by atoms with Crippen molar-refractivity contribution in [2.45, 2.75) is 72.4 Å². The highest BCUT2D eigenvalue weighted by Crippen LogP contribution is 2.31. The summed E-state index contributed by atoms with van der Waals surface area (Å²) in [7, 11) is 0. The van der Waals surface area contributed by atoms with Crippen molar-refractivity contribution in [2.75, 3.05) is 26.2 Å². The summed E-state index contributed by atoms with van der Waals surface area (Å²) < 4.78 is 0. The largest absolute Gasteiger partial charge is 0.395 e. The molecule has 3 unspecified atom stereocenters. The van der Waals surface area contributed by atoms with E-state index in [1.807, 2.05) is 0 Å². The van der Waals surface area contributed by atoms with Crippen LogP contribution in [0.25, 0.3) is 0 Å². The van der Waals surface area contributed by atoms with E-state index in [1.165, 1.54) is 19.3 Å². The molecular formula is C17H36N2O. The van der Waals surface area contributed by atoms with Crippen LogP contribution in [0.5, 0.6) is 0 Å². The average molecular weight is 284 g/mol. The highest BCUT2D eigenvalue weighted by atomic mass is 16.3. The molecule has 0 bridgehead atoms. The molecule has 0 amide bonds. The smallest absolute Gasteiger partial charge is 0.0589 e. The van der Waals surface area contributed by atoms with E-state index in [9.17, 15) is 5.11 Å². The second-order valence-corrected chi connectivity index (χ2v) is 8.15. The van der Waals surface area contributed by atoms with Crippen LogP contribution < -0.4 is 5.32 Å². The van der Waals surface area contributed by atoms with E-state index in [0.717, 1.165) is 19.6 Å². The van der Waals surface area contributed by atoms with Crippen LogP contribution in [0, 0.1) is 11.3 Å². The van der Waals surface area contributed by atoms with E-state index in [1.54, 1.807) is 0 Å². The Morgan fingerprint density at radius 2 is 1.90 bits per heavy atom. The first-order valence-corrected chi connectivity index (χ1v) is 8.31. The third-order valence-corrected chi connectivity index (χ3v) is 4.67. The standard InChI is InChI=1S/C17H36N2O/c1-7-9-17(6,12-18-16(3,4)5)13-19-10-8-14(2)15(19)11-20/h14-15,18,20H,7-13H2,1-6H3. The summed E-state index contributed by atoms with van der Waals surface area (Å²) in [6.07, 6.45) is 3.68. The van der Waals surface area contributed by atoms with Crippen LogP contribution in [0.2, 0.25) is 0 Å². The Hall–Kier alpha value is -0.120. The molecular weight excluding hydrogens is 248 g/mol. The van der Waals surface area contributed by atoms with E-state index >= 15 is 0 Å². The fraction of sp³-hybridized carbons (Fsp3) is 1.00. The lowest BCUT2D eigenvalue weighted by molar-refractivity contribution is 0.0874. The molecule has 3 heteroatoms. The maximum absolute atomic E-state index is 9.64. The highest BCUT2D eigenvalue weighted by molar-refractivity contribution is 4.90. The fourth-order valence-corrected chi connectivity index (χ4v) is 3.38. The number of aliphatic hydroxyl groups excluding tert-OH is 1. The molecule has 0 aromatic rings. The lowest BCUT2D eigenvalue weighted by Gasteiger charge is -2.38. The molecule has 1 aliphatic heterocycles. The molecule has 120 valence electrons. The Kier molecular flexibility index (Phi) is 6.49. The van der Waals surface area contributed by atoms with Gasteiger partial charge in [0.2, 0.25) is 0 Å². The molecule has 1 rings (SSSR count). The molecule has 2 N–H and O–H groups in total. The van der Waals surface area contributed by atoms with Gasteiger partial charge in [-0.2, -0.15) is 0 Å². The first-order chi connectivity index (χ1) is 9.21. The van der Waals surface area contributed by atoms with E-state index in [0.29, 0.717) is 24.0 Å². The monoisotopic (exact) mass is 284 g/mol. The first-order valence-electron chi connectivity index (χ1n) is 8.31. The van der Waals surface area contributed by atoms with Gasteiger partial charge in [0.25, 0.3) is 0 Å². The predicted molar refractivity (Wildman–Crippen MR) is 87.0 cm³/mol. The van der Waals surface area contributed by atoms with Gasteiger partial charge in [0, 0.05) is 24.7 Å². The number of hydrogen-bond acceptors (Lipinski definition) is 3. The summed E-state index contributed by atoms with van der Waals surface area (Å²) in [5.41, 5.74) is 0.462. The quantitative estimate of drug-likeness (QED) is 0.754. The highest BCUT2D eigenvalue weighted by Gasteiger charge is 2.35. The Morgan fingerprint density at radius 1 is 1.25 bits per heavy atom. The first kappa shape index (κ1) is 17.9. The molecule has 20 heavy (non-hydrogen) atoms. The third kappa shape index (κ3) is 5.34. The van der Waals surface area contributed by atoms with Gasteiger partial charge >= 0.3 is 0 Å². The van der Waals surface area contributed by atoms with Crippen molar-refractivity contribution in [3.8, 4) is 0 Å². The maximum atomic E-state index is 9.64. The van der Waals surface area contributed by atoms with Crippen molar-refractivity contribution in [2.24, 2.45) is 11.3 Å². The van der Waals surface area contributed by atoms with Gasteiger partial charge in [-0.15, -0.1) is 0 Å². The topological polar surface area (TPSA) is 35.5 Å². The second-order valence-electron chi connectivity index (χ2n) is 8.15. The van der Waals surface area contributed by atoms with Crippen molar-refractivity contribution in [3.05, 3.63) is 0 Å². The van der Waals surface area contributed by atoms with E-state index in [4.69, 9.17) is 0 Å². The van der Waals surface area contributed by atoms with Crippen LogP contribution in [-0.2, 0) is 0 Å². The fourth-order valence-electron chi connectivity index (χ4n) is 3.38. The van der Waals surface area contributed by atoms with Crippen LogP contribution in [0.1, 0.15) is 60.8 Å². The SMILES string of the molecule is CCCC(C)(CNC(C)(C)C)CN1CCC(C)C1CO. The Balaban J connectivity index is 2.65.